The van der Waals surface area contributed by atoms with E-state index in [9.17, 15) is 10.1 Å². The van der Waals surface area contributed by atoms with E-state index >= 15 is 0 Å². The molecule has 1 N–H and O–H groups in total. The quantitative estimate of drug-likeness (QED) is 0.655. The molecule has 0 spiro atoms. The second-order valence-electron chi connectivity index (χ2n) is 3.90. The molecule has 0 saturated heterocycles. The monoisotopic (exact) mass is 257 g/mol. The fourth-order valence-corrected chi connectivity index (χ4v) is 1.60. The Balaban J connectivity index is 1.85. The molecule has 19 heavy (non-hydrogen) atoms. The zero-order chi connectivity index (χ0) is 13.7. The van der Waals surface area contributed by atoms with Gasteiger partial charge in [0.05, 0.1) is 11.5 Å². The highest BCUT2D eigenvalue weighted by atomic mass is 16.6. The van der Waals surface area contributed by atoms with Crippen LogP contribution in [0.3, 0.4) is 0 Å². The maximum Gasteiger partial charge on any atom is 0.269 e. The zero-order valence-corrected chi connectivity index (χ0v) is 10.00. The first-order valence-corrected chi connectivity index (χ1v) is 5.62. The lowest BCUT2D eigenvalue weighted by molar-refractivity contribution is -0.384. The predicted octanol–water partition coefficient (Wildman–Crippen LogP) is 2.35. The second kappa shape index (κ2) is 5.80. The van der Waals surface area contributed by atoms with Crippen LogP contribution in [0.4, 0.5) is 5.69 Å². The number of furan rings is 1. The zero-order valence-electron chi connectivity index (χ0n) is 10.00. The highest BCUT2D eigenvalue weighted by Crippen LogP contribution is 2.12. The first-order valence-electron chi connectivity index (χ1n) is 5.62. The summed E-state index contributed by atoms with van der Waals surface area (Å²) >= 11 is 0. The summed E-state index contributed by atoms with van der Waals surface area (Å²) in [5.41, 5.74) is 1.02. The van der Waals surface area contributed by atoms with Gasteiger partial charge in [-0.25, -0.2) is 0 Å². The summed E-state index contributed by atoms with van der Waals surface area (Å²) in [7, 11) is 0. The minimum absolute atomic E-state index is 0.0773. The molecule has 2 aromatic rings. The van der Waals surface area contributed by atoms with Crippen molar-refractivity contribution in [2.45, 2.75) is 13.1 Å². The molecule has 0 amide bonds. The predicted molar refractivity (Wildman–Crippen MR) is 67.1 cm³/mol. The van der Waals surface area contributed by atoms with Gasteiger partial charge in [-0.3, -0.25) is 10.1 Å². The van der Waals surface area contributed by atoms with E-state index in [0.717, 1.165) is 5.56 Å². The average molecular weight is 257 g/mol. The molecule has 96 valence electrons. The van der Waals surface area contributed by atoms with Crippen LogP contribution in [-0.4, -0.2) is 4.92 Å². The van der Waals surface area contributed by atoms with E-state index in [1.54, 1.807) is 24.3 Å². The lowest BCUT2D eigenvalue weighted by Gasteiger charge is -2.02. The van der Waals surface area contributed by atoms with Gasteiger partial charge in [0.15, 0.2) is 0 Å². The van der Waals surface area contributed by atoms with Gasteiger partial charge in [-0.15, -0.1) is 0 Å². The molecule has 0 fully saturated rings. The summed E-state index contributed by atoms with van der Waals surface area (Å²) in [6, 6.07) is 11.6. The maximum absolute atomic E-state index is 10.5. The van der Waals surface area contributed by atoms with Crippen molar-refractivity contribution in [2.24, 2.45) is 0 Å². The number of benzene rings is 1. The van der Waals surface area contributed by atoms with Crippen molar-refractivity contribution in [3.05, 3.63) is 63.6 Å². The van der Waals surface area contributed by atoms with E-state index in [-0.39, 0.29) is 11.4 Å². The average Bonchev–Trinajstić information content (AvgIpc) is 2.87. The largest absolute Gasteiger partial charge is 0.449 e. The fourth-order valence-electron chi connectivity index (χ4n) is 1.60. The van der Waals surface area contributed by atoms with Crippen LogP contribution in [0.15, 0.2) is 40.8 Å². The minimum Gasteiger partial charge on any atom is -0.449 e. The number of nitriles is 1. The van der Waals surface area contributed by atoms with Crippen molar-refractivity contribution in [2.75, 3.05) is 0 Å². The molecule has 0 aliphatic rings. The third kappa shape index (κ3) is 3.40. The number of nitro groups is 1. The number of hydrogen-bond donors (Lipinski definition) is 1. The van der Waals surface area contributed by atoms with E-state index in [1.807, 2.05) is 6.07 Å². The van der Waals surface area contributed by atoms with Crippen LogP contribution in [0.5, 0.6) is 0 Å². The number of nitrogens with one attached hydrogen (secondary N) is 1. The number of nitro benzene ring substituents is 1. The molecule has 6 heteroatoms. The Kier molecular flexibility index (Phi) is 3.90. The molecule has 1 aromatic heterocycles. The highest BCUT2D eigenvalue weighted by Gasteiger charge is 2.04. The van der Waals surface area contributed by atoms with Gasteiger partial charge >= 0.3 is 0 Å². The number of hydrogen-bond acceptors (Lipinski definition) is 5. The highest BCUT2D eigenvalue weighted by molar-refractivity contribution is 5.32. The smallest absolute Gasteiger partial charge is 0.269 e. The van der Waals surface area contributed by atoms with Gasteiger partial charge < -0.3 is 9.73 Å². The Morgan fingerprint density at radius 2 is 1.95 bits per heavy atom. The Morgan fingerprint density at radius 3 is 2.53 bits per heavy atom. The molecule has 1 heterocycles. The molecule has 1 aromatic carbocycles. The van der Waals surface area contributed by atoms with Crippen molar-refractivity contribution in [1.29, 1.82) is 5.26 Å². The molecule has 0 aliphatic carbocycles. The lowest BCUT2D eigenvalue weighted by atomic mass is 10.2. The fraction of sp³-hybridized carbons (Fsp3) is 0.154. The molecule has 0 unspecified atom stereocenters. The summed E-state index contributed by atoms with van der Waals surface area (Å²) in [6.07, 6.45) is 0. The number of nitrogens with zero attached hydrogens (tertiary/aromatic N) is 2. The Labute approximate surface area is 109 Å². The third-order valence-electron chi connectivity index (χ3n) is 2.55. The van der Waals surface area contributed by atoms with Crippen LogP contribution in [0, 0.1) is 21.4 Å². The Morgan fingerprint density at radius 1 is 1.21 bits per heavy atom. The first-order chi connectivity index (χ1) is 9.19. The van der Waals surface area contributed by atoms with Gasteiger partial charge in [-0.2, -0.15) is 5.26 Å². The summed E-state index contributed by atoms with van der Waals surface area (Å²) in [4.78, 5) is 10.1. The molecule has 6 nitrogen and oxygen atoms in total. The van der Waals surface area contributed by atoms with Crippen molar-refractivity contribution in [3.8, 4) is 6.07 Å². The maximum atomic E-state index is 10.5. The van der Waals surface area contributed by atoms with E-state index in [2.05, 4.69) is 5.32 Å². The third-order valence-corrected chi connectivity index (χ3v) is 2.55. The first kappa shape index (κ1) is 12.8. The van der Waals surface area contributed by atoms with Crippen LogP contribution in [-0.2, 0) is 13.1 Å². The van der Waals surface area contributed by atoms with E-state index in [4.69, 9.17) is 9.68 Å². The molecule has 2 rings (SSSR count). The van der Waals surface area contributed by atoms with Crippen LogP contribution < -0.4 is 5.32 Å². The van der Waals surface area contributed by atoms with E-state index in [1.165, 1.54) is 12.1 Å². The topological polar surface area (TPSA) is 92.1 Å². The summed E-state index contributed by atoms with van der Waals surface area (Å²) in [5, 5.41) is 22.2. The van der Waals surface area contributed by atoms with Gasteiger partial charge in [-0.05, 0) is 17.7 Å². The SMILES string of the molecule is N#Cc1ccc(CNCc2ccc([N+](=O)[O-])cc2)o1. The Hall–Kier alpha value is -2.65. The van der Waals surface area contributed by atoms with E-state index in [0.29, 0.717) is 18.8 Å². The minimum atomic E-state index is -0.427. The van der Waals surface area contributed by atoms with Crippen LogP contribution in [0.2, 0.25) is 0 Å². The normalized spacial score (nSPS) is 10.1. The molecule has 0 bridgehead atoms. The molecule has 0 radical (unpaired) electrons. The lowest BCUT2D eigenvalue weighted by Crippen LogP contribution is -2.12. The van der Waals surface area contributed by atoms with Crippen molar-refractivity contribution < 1.29 is 9.34 Å². The van der Waals surface area contributed by atoms with Gasteiger partial charge in [0, 0.05) is 18.7 Å². The summed E-state index contributed by atoms with van der Waals surface area (Å²) in [5.74, 6) is 0.964. The van der Waals surface area contributed by atoms with Crippen LogP contribution in [0.1, 0.15) is 17.1 Å². The van der Waals surface area contributed by atoms with Crippen LogP contribution in [0.25, 0.3) is 0 Å². The van der Waals surface area contributed by atoms with Gasteiger partial charge in [0.25, 0.3) is 5.69 Å². The molecule has 0 saturated carbocycles. The van der Waals surface area contributed by atoms with Gasteiger partial charge in [0.1, 0.15) is 11.8 Å². The Bertz CT molecular complexity index is 611. The van der Waals surface area contributed by atoms with Gasteiger partial charge in [0.2, 0.25) is 5.76 Å². The van der Waals surface area contributed by atoms with Crippen molar-refractivity contribution in [1.82, 2.24) is 5.32 Å². The summed E-state index contributed by atoms with van der Waals surface area (Å²) in [6.45, 7) is 1.07. The van der Waals surface area contributed by atoms with Gasteiger partial charge in [-0.1, -0.05) is 12.1 Å². The molecule has 0 aliphatic heterocycles. The molecule has 0 atom stereocenters. The molecular weight excluding hydrogens is 246 g/mol. The number of rotatable bonds is 5. The van der Waals surface area contributed by atoms with Crippen LogP contribution >= 0.6 is 0 Å². The standard InChI is InChI=1S/C13H11N3O3/c14-7-12-5-6-13(19-12)9-15-8-10-1-3-11(4-2-10)16(17)18/h1-6,15H,8-9H2. The van der Waals surface area contributed by atoms with Crippen molar-refractivity contribution in [3.63, 3.8) is 0 Å². The van der Waals surface area contributed by atoms with Crippen molar-refractivity contribution >= 4 is 5.69 Å². The number of non-ortho nitro benzene ring substituents is 1. The van der Waals surface area contributed by atoms with E-state index < -0.39 is 4.92 Å². The molecular formula is C13H11N3O3. The summed E-state index contributed by atoms with van der Waals surface area (Å²) < 4.78 is 5.21. The second-order valence-corrected chi connectivity index (χ2v) is 3.90.